The minimum absolute atomic E-state index is 0.119. The van der Waals surface area contributed by atoms with Crippen LogP contribution < -0.4 is 10.3 Å². The number of anilines is 1. The maximum Gasteiger partial charge on any atom is 0.328 e. The highest BCUT2D eigenvalue weighted by atomic mass is 32.2. The molecule has 0 aliphatic carbocycles. The highest BCUT2D eigenvalue weighted by Crippen LogP contribution is 2.14. The van der Waals surface area contributed by atoms with E-state index in [9.17, 15) is 14.4 Å². The van der Waals surface area contributed by atoms with Crippen LogP contribution in [0.2, 0.25) is 0 Å². The molecule has 2 aromatic carbocycles. The predicted molar refractivity (Wildman–Crippen MR) is 130 cm³/mol. The van der Waals surface area contributed by atoms with Crippen molar-refractivity contribution in [2.75, 3.05) is 44.3 Å². The van der Waals surface area contributed by atoms with Crippen LogP contribution in [0.3, 0.4) is 0 Å². The van der Waals surface area contributed by atoms with E-state index in [4.69, 9.17) is 9.47 Å². The number of hydrazine groups is 1. The van der Waals surface area contributed by atoms with E-state index < -0.39 is 18.0 Å². The summed E-state index contributed by atoms with van der Waals surface area (Å²) >= 11 is 1.60. The second-order valence-electron chi connectivity index (χ2n) is 7.19. The summed E-state index contributed by atoms with van der Waals surface area (Å²) in [5.41, 5.74) is 1.59. The smallest absolute Gasteiger partial charge is 0.328 e. The third-order valence-electron chi connectivity index (χ3n) is 4.90. The lowest BCUT2D eigenvalue weighted by molar-refractivity contribution is -0.151. The topological polar surface area (TPSA) is 88.2 Å². The quantitative estimate of drug-likeness (QED) is 0.351. The van der Waals surface area contributed by atoms with Crippen molar-refractivity contribution in [2.45, 2.75) is 19.1 Å². The van der Waals surface area contributed by atoms with E-state index in [0.717, 1.165) is 17.0 Å². The first-order valence-corrected chi connectivity index (χ1v) is 11.9. The Morgan fingerprint density at radius 3 is 2.27 bits per heavy atom. The molecule has 0 fully saturated rings. The largest absolute Gasteiger partial charge is 0.468 e. The van der Waals surface area contributed by atoms with Crippen molar-refractivity contribution in [1.82, 2.24) is 10.3 Å². The van der Waals surface area contributed by atoms with E-state index in [1.807, 2.05) is 66.9 Å². The first kappa shape index (κ1) is 26.2. The van der Waals surface area contributed by atoms with Crippen LogP contribution in [0.1, 0.15) is 12.0 Å². The summed E-state index contributed by atoms with van der Waals surface area (Å²) in [7, 11) is 3.01. The van der Waals surface area contributed by atoms with Crippen molar-refractivity contribution in [3.8, 4) is 0 Å². The molecule has 0 saturated heterocycles. The Morgan fingerprint density at radius 2 is 1.67 bits per heavy atom. The van der Waals surface area contributed by atoms with Crippen LogP contribution in [0.5, 0.6) is 0 Å². The molecular formula is C24H31N3O5S. The number of nitrogens with one attached hydrogen (secondary N) is 1. The van der Waals surface area contributed by atoms with Crippen LogP contribution in [0.25, 0.3) is 0 Å². The fraction of sp³-hybridized carbons (Fsp3) is 0.375. The molecule has 1 atom stereocenters. The van der Waals surface area contributed by atoms with Gasteiger partial charge in [0.1, 0.15) is 19.2 Å². The summed E-state index contributed by atoms with van der Waals surface area (Å²) < 4.78 is 10.2. The van der Waals surface area contributed by atoms with Gasteiger partial charge in [-0.3, -0.25) is 24.7 Å². The number of nitrogens with zero attached hydrogens (tertiary/aromatic N) is 2. The minimum Gasteiger partial charge on any atom is -0.468 e. The molecule has 0 unspecified atom stereocenters. The maximum absolute atomic E-state index is 13.1. The zero-order chi connectivity index (χ0) is 24.1. The Balaban J connectivity index is 2.08. The van der Waals surface area contributed by atoms with Crippen molar-refractivity contribution < 1.29 is 23.9 Å². The van der Waals surface area contributed by atoms with E-state index >= 15 is 0 Å². The number of amides is 1. The molecular weight excluding hydrogens is 442 g/mol. The van der Waals surface area contributed by atoms with Gasteiger partial charge in [0.15, 0.2) is 0 Å². The predicted octanol–water partition coefficient (Wildman–Crippen LogP) is 2.49. The Labute approximate surface area is 199 Å². The van der Waals surface area contributed by atoms with Gasteiger partial charge >= 0.3 is 11.9 Å². The van der Waals surface area contributed by atoms with Gasteiger partial charge in [-0.05, 0) is 36.1 Å². The molecule has 0 aromatic heterocycles. The zero-order valence-corrected chi connectivity index (χ0v) is 20.0. The van der Waals surface area contributed by atoms with Gasteiger partial charge in [0.2, 0.25) is 0 Å². The van der Waals surface area contributed by atoms with Crippen LogP contribution in [0.4, 0.5) is 5.69 Å². The SMILES string of the molecule is COC(=O)[C@H](CCSC)NCC(=O)N(CC(=O)OCc1ccccc1)N(C)c1ccccc1. The molecule has 33 heavy (non-hydrogen) atoms. The van der Waals surface area contributed by atoms with Gasteiger partial charge in [-0.15, -0.1) is 0 Å². The fourth-order valence-electron chi connectivity index (χ4n) is 3.03. The highest BCUT2D eigenvalue weighted by Gasteiger charge is 2.25. The molecule has 0 aliphatic heterocycles. The van der Waals surface area contributed by atoms with Crippen LogP contribution in [0, 0.1) is 0 Å². The van der Waals surface area contributed by atoms with Gasteiger partial charge in [0.25, 0.3) is 5.91 Å². The standard InChI is InChI=1S/C24H31N3O5S/c1-26(20-12-8-5-9-13-20)27(17-23(29)32-18-19-10-6-4-7-11-19)22(28)16-25-21(14-15-33-3)24(30)31-2/h4-13,21,25H,14-18H2,1-3H3/t21-/m0/s1. The number of rotatable bonds is 13. The molecule has 0 bridgehead atoms. The summed E-state index contributed by atoms with van der Waals surface area (Å²) in [4.78, 5) is 37.7. The Bertz CT molecular complexity index is 882. The van der Waals surface area contributed by atoms with E-state index in [1.165, 1.54) is 12.1 Å². The second kappa shape index (κ2) is 14.2. The lowest BCUT2D eigenvalue weighted by Gasteiger charge is -2.33. The average molecular weight is 474 g/mol. The Hall–Kier alpha value is -3.04. The van der Waals surface area contributed by atoms with Crippen molar-refractivity contribution in [3.63, 3.8) is 0 Å². The van der Waals surface area contributed by atoms with Crippen LogP contribution in [0.15, 0.2) is 60.7 Å². The highest BCUT2D eigenvalue weighted by molar-refractivity contribution is 7.98. The lowest BCUT2D eigenvalue weighted by Crippen LogP contribution is -2.52. The van der Waals surface area contributed by atoms with Crippen molar-refractivity contribution >= 4 is 35.3 Å². The third kappa shape index (κ3) is 8.78. The van der Waals surface area contributed by atoms with Gasteiger partial charge < -0.3 is 9.47 Å². The molecule has 8 nitrogen and oxygen atoms in total. The number of hydrogen-bond acceptors (Lipinski definition) is 8. The number of carbonyl (C=O) groups is 3. The molecule has 0 heterocycles. The van der Waals surface area contributed by atoms with Gasteiger partial charge in [-0.1, -0.05) is 48.5 Å². The summed E-state index contributed by atoms with van der Waals surface area (Å²) in [6.45, 7) is -0.294. The molecule has 0 saturated carbocycles. The molecule has 2 aromatic rings. The first-order valence-electron chi connectivity index (χ1n) is 10.5. The summed E-state index contributed by atoms with van der Waals surface area (Å²) in [5.74, 6) is -0.611. The molecule has 9 heteroatoms. The van der Waals surface area contributed by atoms with Gasteiger partial charge in [0.05, 0.1) is 19.3 Å². The molecule has 0 spiro atoms. The van der Waals surface area contributed by atoms with Gasteiger partial charge in [-0.25, -0.2) is 5.01 Å². The van der Waals surface area contributed by atoms with Crippen molar-refractivity contribution in [3.05, 3.63) is 66.2 Å². The lowest BCUT2D eigenvalue weighted by atomic mass is 10.2. The van der Waals surface area contributed by atoms with Crippen LogP contribution in [-0.4, -0.2) is 68.2 Å². The normalized spacial score (nSPS) is 11.4. The zero-order valence-electron chi connectivity index (χ0n) is 19.2. The fourth-order valence-corrected chi connectivity index (χ4v) is 3.51. The number of para-hydroxylation sites is 1. The number of hydrogen-bond donors (Lipinski definition) is 1. The molecule has 0 radical (unpaired) electrons. The number of methoxy groups -OCH3 is 1. The maximum atomic E-state index is 13.1. The van der Waals surface area contributed by atoms with Gasteiger partial charge in [-0.2, -0.15) is 11.8 Å². The molecule has 0 aliphatic rings. The molecule has 1 N–H and O–H groups in total. The van der Waals surface area contributed by atoms with E-state index in [-0.39, 0.29) is 25.6 Å². The van der Waals surface area contributed by atoms with E-state index in [0.29, 0.717) is 6.42 Å². The van der Waals surface area contributed by atoms with E-state index in [2.05, 4.69) is 5.32 Å². The number of benzene rings is 2. The summed E-state index contributed by atoms with van der Waals surface area (Å²) in [6, 6.07) is 17.9. The van der Waals surface area contributed by atoms with Gasteiger partial charge in [0, 0.05) is 7.05 Å². The molecule has 2 rings (SSSR count). The number of carbonyl (C=O) groups excluding carboxylic acids is 3. The Morgan fingerprint density at radius 1 is 1.03 bits per heavy atom. The minimum atomic E-state index is -0.611. The summed E-state index contributed by atoms with van der Waals surface area (Å²) in [6.07, 6.45) is 2.46. The molecule has 178 valence electrons. The number of thioether (sulfide) groups is 1. The van der Waals surface area contributed by atoms with Crippen LogP contribution in [-0.2, 0) is 30.5 Å². The molecule has 1 amide bonds. The average Bonchev–Trinajstić information content (AvgIpc) is 2.86. The van der Waals surface area contributed by atoms with Crippen molar-refractivity contribution in [1.29, 1.82) is 0 Å². The third-order valence-corrected chi connectivity index (χ3v) is 5.54. The van der Waals surface area contributed by atoms with E-state index in [1.54, 1.807) is 23.8 Å². The second-order valence-corrected chi connectivity index (χ2v) is 8.18. The van der Waals surface area contributed by atoms with Crippen molar-refractivity contribution in [2.24, 2.45) is 0 Å². The van der Waals surface area contributed by atoms with Crippen LogP contribution >= 0.6 is 11.8 Å². The number of esters is 2. The Kier molecular flexibility index (Phi) is 11.3. The monoisotopic (exact) mass is 473 g/mol. The first-order chi connectivity index (χ1) is 16.0. The summed E-state index contributed by atoms with van der Waals surface area (Å²) in [5, 5.41) is 5.87. The number of ether oxygens (including phenoxy) is 2.